The lowest BCUT2D eigenvalue weighted by molar-refractivity contribution is -0.145. The van der Waals surface area contributed by atoms with Crippen molar-refractivity contribution in [3.05, 3.63) is 0 Å². The van der Waals surface area contributed by atoms with E-state index in [4.69, 9.17) is 4.74 Å². The highest BCUT2D eigenvalue weighted by atomic mass is 16.5. The SMILES string of the molecule is CCC(CC)N(CC(C)C)CC(C)C(=O)OC. The average Bonchev–Trinajstić information content (AvgIpc) is 2.28. The number of ether oxygens (including phenoxy) is 1. The van der Waals surface area contributed by atoms with E-state index in [-0.39, 0.29) is 11.9 Å². The summed E-state index contributed by atoms with van der Waals surface area (Å²) in [6, 6.07) is 0.574. The minimum Gasteiger partial charge on any atom is -0.469 e. The number of hydrogen-bond donors (Lipinski definition) is 0. The van der Waals surface area contributed by atoms with E-state index >= 15 is 0 Å². The van der Waals surface area contributed by atoms with E-state index < -0.39 is 0 Å². The maximum absolute atomic E-state index is 11.5. The first kappa shape index (κ1) is 16.4. The van der Waals surface area contributed by atoms with Gasteiger partial charge in [-0.3, -0.25) is 9.69 Å². The summed E-state index contributed by atoms with van der Waals surface area (Å²) in [6.07, 6.45) is 2.27. The Labute approximate surface area is 107 Å². The molecule has 0 aliphatic heterocycles. The van der Waals surface area contributed by atoms with Crippen LogP contribution in [0.4, 0.5) is 0 Å². The third kappa shape index (κ3) is 6.06. The van der Waals surface area contributed by atoms with Crippen LogP contribution in [0.2, 0.25) is 0 Å². The molecule has 102 valence electrons. The first-order valence-electron chi connectivity index (χ1n) is 6.78. The van der Waals surface area contributed by atoms with Crippen LogP contribution >= 0.6 is 0 Å². The predicted octanol–water partition coefficient (Wildman–Crippen LogP) is 2.94. The van der Waals surface area contributed by atoms with Gasteiger partial charge in [-0.05, 0) is 18.8 Å². The number of rotatable bonds is 8. The Kier molecular flexibility index (Phi) is 8.23. The minimum absolute atomic E-state index is 0.0423. The highest BCUT2D eigenvalue weighted by Gasteiger charge is 2.22. The van der Waals surface area contributed by atoms with Gasteiger partial charge in [-0.15, -0.1) is 0 Å². The fourth-order valence-electron chi connectivity index (χ4n) is 2.27. The van der Waals surface area contributed by atoms with E-state index in [0.717, 1.165) is 25.9 Å². The number of esters is 1. The lowest BCUT2D eigenvalue weighted by atomic mass is 10.0. The van der Waals surface area contributed by atoms with Crippen molar-refractivity contribution in [2.45, 2.75) is 53.5 Å². The van der Waals surface area contributed by atoms with E-state index in [1.165, 1.54) is 7.11 Å². The summed E-state index contributed by atoms with van der Waals surface area (Å²) < 4.78 is 4.80. The van der Waals surface area contributed by atoms with Crippen LogP contribution in [-0.2, 0) is 9.53 Å². The zero-order chi connectivity index (χ0) is 13.4. The third-order valence-electron chi connectivity index (χ3n) is 3.17. The van der Waals surface area contributed by atoms with Gasteiger partial charge in [0.15, 0.2) is 0 Å². The summed E-state index contributed by atoms with van der Waals surface area (Å²) >= 11 is 0. The molecule has 0 aromatic heterocycles. The van der Waals surface area contributed by atoms with Crippen LogP contribution in [0, 0.1) is 11.8 Å². The van der Waals surface area contributed by atoms with Crippen LogP contribution in [-0.4, -0.2) is 37.1 Å². The Morgan fingerprint density at radius 1 is 1.12 bits per heavy atom. The summed E-state index contributed by atoms with van der Waals surface area (Å²) in [5, 5.41) is 0. The molecule has 0 heterocycles. The average molecular weight is 243 g/mol. The molecule has 1 unspecified atom stereocenters. The Morgan fingerprint density at radius 2 is 1.65 bits per heavy atom. The largest absolute Gasteiger partial charge is 0.469 e. The van der Waals surface area contributed by atoms with Gasteiger partial charge in [-0.25, -0.2) is 0 Å². The van der Waals surface area contributed by atoms with Crippen LogP contribution in [0.3, 0.4) is 0 Å². The van der Waals surface area contributed by atoms with Gasteiger partial charge >= 0.3 is 5.97 Å². The summed E-state index contributed by atoms with van der Waals surface area (Å²) in [5.74, 6) is 0.476. The maximum Gasteiger partial charge on any atom is 0.309 e. The minimum atomic E-state index is -0.107. The van der Waals surface area contributed by atoms with Crippen LogP contribution in [0.25, 0.3) is 0 Å². The smallest absolute Gasteiger partial charge is 0.309 e. The van der Waals surface area contributed by atoms with Crippen LogP contribution in [0.5, 0.6) is 0 Å². The van der Waals surface area contributed by atoms with Gasteiger partial charge < -0.3 is 4.74 Å². The number of carbonyl (C=O) groups is 1. The van der Waals surface area contributed by atoms with E-state index in [2.05, 4.69) is 32.6 Å². The fraction of sp³-hybridized carbons (Fsp3) is 0.929. The second kappa shape index (κ2) is 8.51. The standard InChI is InChI=1S/C14H29NO2/c1-7-13(8-2)15(9-11(3)4)10-12(5)14(16)17-6/h11-13H,7-10H2,1-6H3. The molecular weight excluding hydrogens is 214 g/mol. The van der Waals surface area contributed by atoms with E-state index in [9.17, 15) is 4.79 Å². The number of methoxy groups -OCH3 is 1. The number of hydrogen-bond acceptors (Lipinski definition) is 3. The summed E-state index contributed by atoms with van der Waals surface area (Å²) in [4.78, 5) is 13.9. The van der Waals surface area contributed by atoms with Crippen LogP contribution < -0.4 is 0 Å². The lowest BCUT2D eigenvalue weighted by Crippen LogP contribution is -2.41. The lowest BCUT2D eigenvalue weighted by Gasteiger charge is -2.33. The highest BCUT2D eigenvalue weighted by Crippen LogP contribution is 2.14. The van der Waals surface area contributed by atoms with Crippen molar-refractivity contribution >= 4 is 5.97 Å². The molecule has 0 aromatic rings. The fourth-order valence-corrected chi connectivity index (χ4v) is 2.27. The van der Waals surface area contributed by atoms with E-state index in [1.54, 1.807) is 0 Å². The molecule has 0 aliphatic rings. The molecule has 0 spiro atoms. The molecule has 0 saturated heterocycles. The van der Waals surface area contributed by atoms with Crippen molar-refractivity contribution in [2.24, 2.45) is 11.8 Å². The van der Waals surface area contributed by atoms with Crippen molar-refractivity contribution < 1.29 is 9.53 Å². The maximum atomic E-state index is 11.5. The first-order chi connectivity index (χ1) is 7.96. The summed E-state index contributed by atoms with van der Waals surface area (Å²) in [7, 11) is 1.46. The van der Waals surface area contributed by atoms with Gasteiger partial charge in [0.25, 0.3) is 0 Å². The van der Waals surface area contributed by atoms with Gasteiger partial charge in [0.1, 0.15) is 0 Å². The van der Waals surface area contributed by atoms with Crippen LogP contribution in [0.1, 0.15) is 47.5 Å². The molecule has 0 radical (unpaired) electrons. The second-order valence-corrected chi connectivity index (χ2v) is 5.24. The molecule has 0 amide bonds. The van der Waals surface area contributed by atoms with Crippen LogP contribution in [0.15, 0.2) is 0 Å². The van der Waals surface area contributed by atoms with Crippen molar-refractivity contribution in [3.8, 4) is 0 Å². The molecule has 0 fully saturated rings. The molecule has 1 atom stereocenters. The van der Waals surface area contributed by atoms with Gasteiger partial charge in [-0.2, -0.15) is 0 Å². The molecule has 0 rings (SSSR count). The third-order valence-corrected chi connectivity index (χ3v) is 3.17. The molecule has 0 aromatic carbocycles. The van der Waals surface area contributed by atoms with E-state index in [1.807, 2.05) is 6.92 Å². The highest BCUT2D eigenvalue weighted by molar-refractivity contribution is 5.72. The van der Waals surface area contributed by atoms with Crippen molar-refractivity contribution in [2.75, 3.05) is 20.2 Å². The zero-order valence-electron chi connectivity index (χ0n) is 12.3. The first-order valence-corrected chi connectivity index (χ1v) is 6.78. The monoisotopic (exact) mass is 243 g/mol. The topological polar surface area (TPSA) is 29.5 Å². The van der Waals surface area contributed by atoms with E-state index in [0.29, 0.717) is 12.0 Å². The summed E-state index contributed by atoms with van der Waals surface area (Å²) in [6.45, 7) is 12.7. The molecule has 3 nitrogen and oxygen atoms in total. The van der Waals surface area contributed by atoms with Crippen molar-refractivity contribution in [1.82, 2.24) is 4.90 Å². The molecule has 0 saturated carbocycles. The number of carbonyl (C=O) groups excluding carboxylic acids is 1. The van der Waals surface area contributed by atoms with Gasteiger partial charge in [0, 0.05) is 19.1 Å². The van der Waals surface area contributed by atoms with Gasteiger partial charge in [0.05, 0.1) is 13.0 Å². The molecule has 0 aliphatic carbocycles. The van der Waals surface area contributed by atoms with Gasteiger partial charge in [-0.1, -0.05) is 34.6 Å². The molecule has 0 N–H and O–H groups in total. The normalized spacial score (nSPS) is 13.5. The Bertz CT molecular complexity index is 212. The number of nitrogens with zero attached hydrogens (tertiary/aromatic N) is 1. The molecular formula is C14H29NO2. The Balaban J connectivity index is 4.51. The van der Waals surface area contributed by atoms with Crippen molar-refractivity contribution in [1.29, 1.82) is 0 Å². The molecule has 3 heteroatoms. The Hall–Kier alpha value is -0.570. The van der Waals surface area contributed by atoms with Crippen molar-refractivity contribution in [3.63, 3.8) is 0 Å². The Morgan fingerprint density at radius 3 is 2.00 bits per heavy atom. The quantitative estimate of drug-likeness (QED) is 0.614. The van der Waals surface area contributed by atoms with Gasteiger partial charge in [0.2, 0.25) is 0 Å². The second-order valence-electron chi connectivity index (χ2n) is 5.24. The molecule has 0 bridgehead atoms. The summed E-state index contributed by atoms with van der Waals surface area (Å²) in [5.41, 5.74) is 0. The predicted molar refractivity (Wildman–Crippen MR) is 72.0 cm³/mol. The molecule has 17 heavy (non-hydrogen) atoms. The zero-order valence-corrected chi connectivity index (χ0v) is 12.3.